The number of aryl methyl sites for hydroxylation is 1. The van der Waals surface area contributed by atoms with Gasteiger partial charge in [-0.3, -0.25) is 0 Å². The van der Waals surface area contributed by atoms with Crippen molar-refractivity contribution in [1.82, 2.24) is 4.72 Å². The van der Waals surface area contributed by atoms with Crippen LogP contribution in [-0.2, 0) is 26.3 Å². The summed E-state index contributed by atoms with van der Waals surface area (Å²) in [5.41, 5.74) is 1.31. The molecular weight excluding hydrogens is 458 g/mol. The Balaban J connectivity index is 1.85. The van der Waals surface area contributed by atoms with Gasteiger partial charge in [0.05, 0.1) is 21.8 Å². The quantitative estimate of drug-likeness (QED) is 0.527. The zero-order valence-electron chi connectivity index (χ0n) is 17.0. The van der Waals surface area contributed by atoms with Crippen LogP contribution in [0, 0.1) is 6.92 Å². The van der Waals surface area contributed by atoms with Gasteiger partial charge in [0.25, 0.3) is 0 Å². The first-order chi connectivity index (χ1) is 14.6. The second-order valence-corrected chi connectivity index (χ2v) is 11.0. The van der Waals surface area contributed by atoms with Gasteiger partial charge in [-0.2, -0.15) is 0 Å². The summed E-state index contributed by atoms with van der Waals surface area (Å²) >= 11 is 5.84. The van der Waals surface area contributed by atoms with E-state index in [1.165, 1.54) is 42.5 Å². The molecule has 0 aliphatic heterocycles. The van der Waals surface area contributed by atoms with Gasteiger partial charge in [-0.25, -0.2) is 21.6 Å². The second kappa shape index (κ2) is 9.40. The molecule has 0 atom stereocenters. The van der Waals surface area contributed by atoms with E-state index in [0.717, 1.165) is 5.56 Å². The molecule has 0 amide bonds. The maximum atomic E-state index is 12.9. The third kappa shape index (κ3) is 5.27. The first kappa shape index (κ1) is 23.3. The molecule has 0 fully saturated rings. The third-order valence-corrected chi connectivity index (χ3v) is 8.38. The van der Waals surface area contributed by atoms with E-state index < -0.39 is 19.9 Å². The second-order valence-electron chi connectivity index (χ2n) is 6.84. The maximum absolute atomic E-state index is 12.9. The van der Waals surface area contributed by atoms with Gasteiger partial charge in [0, 0.05) is 11.6 Å². The minimum absolute atomic E-state index is 0.0354. The van der Waals surface area contributed by atoms with Crippen LogP contribution in [0.15, 0.2) is 81.4 Å². The number of ether oxygens (including phenoxy) is 1. The normalized spacial score (nSPS) is 12.0. The smallest absolute Gasteiger partial charge is 0.240 e. The Morgan fingerprint density at radius 3 is 2.23 bits per heavy atom. The van der Waals surface area contributed by atoms with Crippen molar-refractivity contribution in [1.29, 1.82) is 0 Å². The molecule has 3 aromatic rings. The van der Waals surface area contributed by atoms with Crippen molar-refractivity contribution in [3.05, 3.63) is 82.9 Å². The molecule has 3 rings (SSSR count). The van der Waals surface area contributed by atoms with Gasteiger partial charge < -0.3 is 4.74 Å². The van der Waals surface area contributed by atoms with Crippen LogP contribution in [0.2, 0.25) is 5.02 Å². The first-order valence-electron chi connectivity index (χ1n) is 9.38. The molecule has 1 N–H and O–H groups in total. The van der Waals surface area contributed by atoms with Crippen LogP contribution in [0.4, 0.5) is 0 Å². The topological polar surface area (TPSA) is 89.5 Å². The Bertz CT molecular complexity index is 1290. The molecule has 0 aliphatic rings. The molecule has 0 saturated heterocycles. The molecule has 164 valence electrons. The van der Waals surface area contributed by atoms with Gasteiger partial charge in [-0.15, -0.1) is 0 Å². The van der Waals surface area contributed by atoms with Gasteiger partial charge in [0.2, 0.25) is 19.9 Å². The summed E-state index contributed by atoms with van der Waals surface area (Å²) in [6.45, 7) is 1.75. The fraction of sp³-hybridized carbons (Fsp3) is 0.182. The number of benzene rings is 3. The van der Waals surface area contributed by atoms with Gasteiger partial charge >= 0.3 is 0 Å². The molecule has 9 heteroatoms. The highest BCUT2D eigenvalue weighted by Crippen LogP contribution is 2.26. The SMILES string of the molecule is COc1ccccc1CCNS(=O)(=O)c1cc(S(=O)(=O)c2ccc(Cl)cc2)ccc1C. The average molecular weight is 480 g/mol. The molecule has 0 unspecified atom stereocenters. The fourth-order valence-corrected chi connectivity index (χ4v) is 5.88. The van der Waals surface area contributed by atoms with Crippen LogP contribution in [0.3, 0.4) is 0 Å². The molecule has 0 spiro atoms. The summed E-state index contributed by atoms with van der Waals surface area (Å²) in [6.07, 6.45) is 0.422. The van der Waals surface area contributed by atoms with Crippen molar-refractivity contribution >= 4 is 31.5 Å². The number of halogens is 1. The summed E-state index contributed by atoms with van der Waals surface area (Å²) in [5, 5.41) is 0.408. The Hall–Kier alpha value is -2.39. The van der Waals surface area contributed by atoms with E-state index in [1.807, 2.05) is 18.2 Å². The Labute approximate surface area is 187 Å². The lowest BCUT2D eigenvalue weighted by atomic mass is 10.1. The summed E-state index contributed by atoms with van der Waals surface area (Å²) in [4.78, 5) is -0.152. The lowest BCUT2D eigenvalue weighted by Crippen LogP contribution is -2.27. The largest absolute Gasteiger partial charge is 0.496 e. The van der Waals surface area contributed by atoms with E-state index in [1.54, 1.807) is 20.1 Å². The third-order valence-electron chi connectivity index (χ3n) is 4.76. The number of rotatable bonds is 8. The number of hydrogen-bond donors (Lipinski definition) is 1. The molecule has 0 radical (unpaired) electrons. The molecule has 0 aromatic heterocycles. The molecule has 31 heavy (non-hydrogen) atoms. The van der Waals surface area contributed by atoms with Crippen molar-refractivity contribution in [2.45, 2.75) is 28.0 Å². The standard InChI is InChI=1S/C22H22ClNO5S2/c1-16-7-10-20(30(25,26)19-11-8-18(23)9-12-19)15-22(16)31(27,28)24-14-13-17-5-3-4-6-21(17)29-2/h3-12,15,24H,13-14H2,1-2H3. The van der Waals surface area contributed by atoms with E-state index in [2.05, 4.69) is 4.72 Å². The highest BCUT2D eigenvalue weighted by atomic mass is 35.5. The van der Waals surface area contributed by atoms with Crippen LogP contribution in [0.1, 0.15) is 11.1 Å². The van der Waals surface area contributed by atoms with Crippen molar-refractivity contribution in [2.75, 3.05) is 13.7 Å². The van der Waals surface area contributed by atoms with Gasteiger partial charge in [-0.1, -0.05) is 35.9 Å². The molecule has 0 bridgehead atoms. The number of sulfonamides is 1. The van der Waals surface area contributed by atoms with E-state index in [4.69, 9.17) is 16.3 Å². The average Bonchev–Trinajstić information content (AvgIpc) is 2.74. The van der Waals surface area contributed by atoms with Crippen LogP contribution >= 0.6 is 11.6 Å². The zero-order valence-corrected chi connectivity index (χ0v) is 19.4. The number of nitrogens with one attached hydrogen (secondary N) is 1. The fourth-order valence-electron chi connectivity index (χ4n) is 3.09. The molecule has 6 nitrogen and oxygen atoms in total. The summed E-state index contributed by atoms with van der Waals surface area (Å²) in [5.74, 6) is 0.675. The maximum Gasteiger partial charge on any atom is 0.240 e. The lowest BCUT2D eigenvalue weighted by molar-refractivity contribution is 0.409. The predicted molar refractivity (Wildman–Crippen MR) is 120 cm³/mol. The Morgan fingerprint density at radius 2 is 1.55 bits per heavy atom. The van der Waals surface area contributed by atoms with Gasteiger partial charge in [-0.05, 0) is 66.9 Å². The minimum Gasteiger partial charge on any atom is -0.496 e. The number of para-hydroxylation sites is 1. The molecule has 0 heterocycles. The minimum atomic E-state index is -3.93. The van der Waals surface area contributed by atoms with E-state index in [9.17, 15) is 16.8 Å². The molecule has 0 saturated carbocycles. The van der Waals surface area contributed by atoms with Gasteiger partial charge in [0.15, 0.2) is 0 Å². The highest BCUT2D eigenvalue weighted by Gasteiger charge is 2.23. The zero-order chi connectivity index (χ0) is 22.6. The first-order valence-corrected chi connectivity index (χ1v) is 12.7. The predicted octanol–water partition coefficient (Wildman–Crippen LogP) is 4.01. The van der Waals surface area contributed by atoms with E-state index in [-0.39, 0.29) is 21.2 Å². The Morgan fingerprint density at radius 1 is 0.903 bits per heavy atom. The molecular formula is C22H22ClNO5S2. The summed E-state index contributed by atoms with van der Waals surface area (Å²) in [7, 11) is -6.27. The van der Waals surface area contributed by atoms with Crippen molar-refractivity contribution in [3.8, 4) is 5.75 Å². The van der Waals surface area contributed by atoms with Crippen LogP contribution in [0.25, 0.3) is 0 Å². The number of methoxy groups -OCH3 is 1. The summed E-state index contributed by atoms with van der Waals surface area (Å²) < 4.78 is 59.5. The van der Waals surface area contributed by atoms with Crippen molar-refractivity contribution in [2.24, 2.45) is 0 Å². The van der Waals surface area contributed by atoms with Crippen molar-refractivity contribution in [3.63, 3.8) is 0 Å². The van der Waals surface area contributed by atoms with E-state index in [0.29, 0.717) is 22.8 Å². The Kier molecular flexibility index (Phi) is 7.06. The number of hydrogen-bond acceptors (Lipinski definition) is 5. The lowest BCUT2D eigenvalue weighted by Gasteiger charge is -2.13. The monoisotopic (exact) mass is 479 g/mol. The van der Waals surface area contributed by atoms with Crippen molar-refractivity contribution < 1.29 is 21.6 Å². The molecule has 0 aliphatic carbocycles. The van der Waals surface area contributed by atoms with Gasteiger partial charge in [0.1, 0.15) is 5.75 Å². The molecule has 3 aromatic carbocycles. The highest BCUT2D eigenvalue weighted by molar-refractivity contribution is 7.91. The van der Waals surface area contributed by atoms with E-state index >= 15 is 0 Å². The summed E-state index contributed by atoms with van der Waals surface area (Å²) in [6, 6.07) is 17.1. The van der Waals surface area contributed by atoms with Crippen LogP contribution in [-0.4, -0.2) is 30.5 Å². The number of sulfone groups is 1. The van der Waals surface area contributed by atoms with Crippen LogP contribution < -0.4 is 9.46 Å². The van der Waals surface area contributed by atoms with Crippen LogP contribution in [0.5, 0.6) is 5.75 Å².